The largest absolute Gasteiger partial charge is 0.480 e. The predicted molar refractivity (Wildman–Crippen MR) is 99.6 cm³/mol. The van der Waals surface area contributed by atoms with E-state index in [-0.39, 0.29) is 6.54 Å². The van der Waals surface area contributed by atoms with Crippen LogP contribution in [0.5, 0.6) is 0 Å². The highest BCUT2D eigenvalue weighted by molar-refractivity contribution is 6.30. The summed E-state index contributed by atoms with van der Waals surface area (Å²) in [4.78, 5) is 15.2. The van der Waals surface area contributed by atoms with Gasteiger partial charge in [0, 0.05) is 24.2 Å². The maximum atomic E-state index is 10.9. The van der Waals surface area contributed by atoms with Crippen LogP contribution in [-0.4, -0.2) is 68.6 Å². The fourth-order valence-corrected chi connectivity index (χ4v) is 3.53. The van der Waals surface area contributed by atoms with Gasteiger partial charge in [0.05, 0.1) is 24.1 Å². The molecule has 0 amide bonds. The lowest BCUT2D eigenvalue weighted by Crippen LogP contribution is -2.36. The van der Waals surface area contributed by atoms with Crippen molar-refractivity contribution >= 4 is 17.6 Å². The van der Waals surface area contributed by atoms with Crippen molar-refractivity contribution in [1.82, 2.24) is 24.8 Å². The van der Waals surface area contributed by atoms with Crippen LogP contribution in [0.1, 0.15) is 25.0 Å². The first kappa shape index (κ1) is 18.8. The zero-order valence-electron chi connectivity index (χ0n) is 14.9. The van der Waals surface area contributed by atoms with Crippen LogP contribution in [0.15, 0.2) is 30.5 Å². The first-order valence-corrected chi connectivity index (χ1v) is 9.20. The van der Waals surface area contributed by atoms with E-state index in [0.717, 1.165) is 50.3 Å². The van der Waals surface area contributed by atoms with Crippen molar-refractivity contribution in [3.8, 4) is 5.69 Å². The third-order valence-corrected chi connectivity index (χ3v) is 5.07. The second kappa shape index (κ2) is 8.62. The predicted octanol–water partition coefficient (Wildman–Crippen LogP) is 2.29. The Morgan fingerprint density at radius 3 is 2.81 bits per heavy atom. The lowest BCUT2D eigenvalue weighted by Gasteiger charge is -2.25. The SMILES string of the molecule is CN(CC(=O)O)C1CCCN(Cc2cn(-c3ccc(Cl)cc3)nn2)CC1. The number of carboxylic acids is 1. The fourth-order valence-electron chi connectivity index (χ4n) is 3.40. The first-order valence-electron chi connectivity index (χ1n) is 8.83. The zero-order chi connectivity index (χ0) is 18.5. The first-order chi connectivity index (χ1) is 12.5. The molecule has 140 valence electrons. The summed E-state index contributed by atoms with van der Waals surface area (Å²) in [5.41, 5.74) is 1.86. The summed E-state index contributed by atoms with van der Waals surface area (Å²) in [6.45, 7) is 2.77. The van der Waals surface area contributed by atoms with Crippen LogP contribution in [0.3, 0.4) is 0 Å². The van der Waals surface area contributed by atoms with E-state index < -0.39 is 5.97 Å². The highest BCUT2D eigenvalue weighted by Gasteiger charge is 2.22. The molecule has 8 heteroatoms. The van der Waals surface area contributed by atoms with Crippen molar-refractivity contribution < 1.29 is 9.90 Å². The highest BCUT2D eigenvalue weighted by Crippen LogP contribution is 2.18. The number of benzene rings is 1. The average molecular weight is 378 g/mol. The van der Waals surface area contributed by atoms with Crippen LogP contribution in [-0.2, 0) is 11.3 Å². The zero-order valence-corrected chi connectivity index (χ0v) is 15.6. The molecule has 0 bridgehead atoms. The maximum absolute atomic E-state index is 10.9. The van der Waals surface area contributed by atoms with Gasteiger partial charge in [0.25, 0.3) is 0 Å². The van der Waals surface area contributed by atoms with Gasteiger partial charge in [-0.25, -0.2) is 4.68 Å². The number of likely N-dealkylation sites (tertiary alicyclic amines) is 1. The lowest BCUT2D eigenvalue weighted by atomic mass is 10.1. The van der Waals surface area contributed by atoms with Gasteiger partial charge in [-0.1, -0.05) is 16.8 Å². The molecule has 1 aliphatic heterocycles. The highest BCUT2D eigenvalue weighted by atomic mass is 35.5. The molecular weight excluding hydrogens is 354 g/mol. The van der Waals surface area contributed by atoms with Gasteiger partial charge in [0.2, 0.25) is 0 Å². The van der Waals surface area contributed by atoms with Crippen LogP contribution >= 0.6 is 11.6 Å². The van der Waals surface area contributed by atoms with Gasteiger partial charge >= 0.3 is 5.97 Å². The number of aliphatic carboxylic acids is 1. The van der Waals surface area contributed by atoms with Gasteiger partial charge in [0.1, 0.15) is 0 Å². The summed E-state index contributed by atoms with van der Waals surface area (Å²) < 4.78 is 1.76. The Morgan fingerprint density at radius 1 is 1.31 bits per heavy atom. The Bertz CT molecular complexity index is 733. The van der Waals surface area contributed by atoms with Gasteiger partial charge in [-0.3, -0.25) is 14.6 Å². The summed E-state index contributed by atoms with van der Waals surface area (Å²) in [6, 6.07) is 7.81. The normalized spacial score (nSPS) is 18.8. The van der Waals surface area contributed by atoms with E-state index in [1.54, 1.807) is 4.68 Å². The minimum Gasteiger partial charge on any atom is -0.480 e. The van der Waals surface area contributed by atoms with Crippen molar-refractivity contribution in [2.75, 3.05) is 26.7 Å². The number of nitrogens with zero attached hydrogens (tertiary/aromatic N) is 5. The van der Waals surface area contributed by atoms with Crippen molar-refractivity contribution in [2.45, 2.75) is 31.8 Å². The Balaban J connectivity index is 1.56. The van der Waals surface area contributed by atoms with E-state index in [1.165, 1.54) is 0 Å². The number of carbonyl (C=O) groups is 1. The van der Waals surface area contributed by atoms with Crippen molar-refractivity contribution in [1.29, 1.82) is 0 Å². The molecule has 1 atom stereocenters. The summed E-state index contributed by atoms with van der Waals surface area (Å²) in [7, 11) is 1.89. The summed E-state index contributed by atoms with van der Waals surface area (Å²) in [5, 5.41) is 18.1. The van der Waals surface area contributed by atoms with E-state index >= 15 is 0 Å². The molecule has 0 aliphatic carbocycles. The van der Waals surface area contributed by atoms with Crippen LogP contribution in [0.4, 0.5) is 0 Å². The molecule has 7 nitrogen and oxygen atoms in total. The third-order valence-electron chi connectivity index (χ3n) is 4.82. The number of carboxylic acid groups (broad SMARTS) is 1. The maximum Gasteiger partial charge on any atom is 0.317 e. The van der Waals surface area contributed by atoms with Crippen molar-refractivity contribution in [3.63, 3.8) is 0 Å². The summed E-state index contributed by atoms with van der Waals surface area (Å²) in [6.07, 6.45) is 4.99. The molecular formula is C18H24ClN5O2. The Morgan fingerprint density at radius 2 is 2.08 bits per heavy atom. The van der Waals surface area contributed by atoms with Crippen LogP contribution in [0.2, 0.25) is 5.02 Å². The molecule has 1 aromatic heterocycles. The minimum atomic E-state index is -0.771. The molecule has 1 aromatic carbocycles. The number of aromatic nitrogens is 3. The van der Waals surface area contributed by atoms with Gasteiger partial charge in [0.15, 0.2) is 0 Å². The standard InChI is InChI=1S/C18H24ClN5O2/c1-22(13-18(25)26)16-3-2-9-23(10-8-16)11-15-12-24(21-20-15)17-6-4-14(19)5-7-17/h4-7,12,16H,2-3,8-11,13H2,1H3,(H,25,26). The van der Waals surface area contributed by atoms with E-state index in [0.29, 0.717) is 11.1 Å². The van der Waals surface area contributed by atoms with Gasteiger partial charge in [-0.05, 0) is 57.1 Å². The molecule has 2 aromatic rings. The molecule has 3 rings (SSSR count). The van der Waals surface area contributed by atoms with Crippen LogP contribution in [0.25, 0.3) is 5.69 Å². The monoisotopic (exact) mass is 377 g/mol. The van der Waals surface area contributed by atoms with E-state index in [9.17, 15) is 4.79 Å². The molecule has 1 N–H and O–H groups in total. The molecule has 26 heavy (non-hydrogen) atoms. The van der Waals surface area contributed by atoms with Crippen LogP contribution in [0, 0.1) is 0 Å². The number of likely N-dealkylation sites (N-methyl/N-ethyl adjacent to an activating group) is 1. The van der Waals surface area contributed by atoms with Gasteiger partial charge < -0.3 is 5.11 Å². The fraction of sp³-hybridized carbons (Fsp3) is 0.500. The van der Waals surface area contributed by atoms with E-state index in [2.05, 4.69) is 15.2 Å². The molecule has 2 heterocycles. The molecule has 1 aliphatic rings. The topological polar surface area (TPSA) is 74.5 Å². The third kappa shape index (κ3) is 5.03. The number of hydrogen-bond acceptors (Lipinski definition) is 5. The van der Waals surface area contributed by atoms with Crippen LogP contribution < -0.4 is 0 Å². The minimum absolute atomic E-state index is 0.0973. The lowest BCUT2D eigenvalue weighted by molar-refractivity contribution is -0.138. The smallest absolute Gasteiger partial charge is 0.317 e. The Hall–Kier alpha value is -1.96. The number of rotatable bonds is 6. The molecule has 1 saturated heterocycles. The molecule has 1 unspecified atom stereocenters. The number of hydrogen-bond donors (Lipinski definition) is 1. The summed E-state index contributed by atoms with van der Waals surface area (Å²) >= 11 is 5.92. The molecule has 0 radical (unpaired) electrons. The quantitative estimate of drug-likeness (QED) is 0.832. The van der Waals surface area contributed by atoms with Crippen molar-refractivity contribution in [3.05, 3.63) is 41.2 Å². The van der Waals surface area contributed by atoms with Gasteiger partial charge in [-0.2, -0.15) is 0 Å². The summed E-state index contributed by atoms with van der Waals surface area (Å²) in [5.74, 6) is -0.771. The second-order valence-corrected chi connectivity index (χ2v) is 7.24. The molecule has 1 fully saturated rings. The molecule has 0 spiro atoms. The average Bonchev–Trinajstić information content (AvgIpc) is 2.93. The van der Waals surface area contributed by atoms with Gasteiger partial charge in [-0.15, -0.1) is 5.10 Å². The van der Waals surface area contributed by atoms with E-state index in [1.807, 2.05) is 42.4 Å². The second-order valence-electron chi connectivity index (χ2n) is 6.80. The number of halogens is 1. The molecule has 0 saturated carbocycles. The van der Waals surface area contributed by atoms with E-state index in [4.69, 9.17) is 16.7 Å². The Kier molecular flexibility index (Phi) is 6.24. The van der Waals surface area contributed by atoms with Crippen molar-refractivity contribution in [2.24, 2.45) is 0 Å². The Labute approximate surface area is 158 Å².